The Bertz CT molecular complexity index is 605. The monoisotopic (exact) mass is 339 g/mol. The predicted octanol–water partition coefficient (Wildman–Crippen LogP) is 2.54. The largest absolute Gasteiger partial charge is 0.339 e. The van der Waals surface area contributed by atoms with Crippen molar-refractivity contribution in [2.45, 2.75) is 26.2 Å². The molecule has 2 aliphatic heterocycles. The van der Waals surface area contributed by atoms with Crippen LogP contribution in [0.4, 0.5) is 5.69 Å². The zero-order valence-electron chi connectivity index (χ0n) is 13.2. The molecule has 2 fully saturated rings. The second kappa shape index (κ2) is 6.84. The molecule has 2 heterocycles. The molecule has 6 nitrogen and oxygen atoms in total. The van der Waals surface area contributed by atoms with Gasteiger partial charge in [-0.25, -0.2) is 0 Å². The molecule has 23 heavy (non-hydrogen) atoms. The van der Waals surface area contributed by atoms with Crippen LogP contribution < -0.4 is 5.32 Å². The quantitative estimate of drug-likeness (QED) is 0.663. The molecule has 3 rings (SSSR count). The minimum Gasteiger partial charge on any atom is -0.339 e. The molecule has 126 valence electrons. The molecule has 7 heteroatoms. The molecule has 1 amide bonds. The van der Waals surface area contributed by atoms with Gasteiger partial charge in [-0.05, 0) is 44.2 Å². The maximum Gasteiger partial charge on any atom is 0.273 e. The molecule has 2 aliphatic rings. The van der Waals surface area contributed by atoms with Gasteiger partial charge in [0.05, 0.1) is 4.92 Å². The molecule has 1 spiro atoms. The van der Waals surface area contributed by atoms with Crippen molar-refractivity contribution in [3.8, 4) is 0 Å². The number of nitrogens with zero attached hydrogens (tertiary/aromatic N) is 2. The average molecular weight is 340 g/mol. The molecule has 1 aromatic rings. The molecule has 0 saturated carbocycles. The smallest absolute Gasteiger partial charge is 0.273 e. The third-order valence-electron chi connectivity index (χ3n) is 5.18. The molecule has 0 aliphatic carbocycles. The zero-order valence-corrected chi connectivity index (χ0v) is 14.0. The number of carbonyl (C=O) groups is 1. The molecule has 1 N–H and O–H groups in total. The Morgan fingerprint density at radius 2 is 2.00 bits per heavy atom. The van der Waals surface area contributed by atoms with Crippen molar-refractivity contribution in [1.29, 1.82) is 0 Å². The second-order valence-electron chi connectivity index (χ2n) is 6.43. The van der Waals surface area contributed by atoms with E-state index in [0.717, 1.165) is 39.0 Å². The van der Waals surface area contributed by atoms with Gasteiger partial charge in [-0.3, -0.25) is 14.9 Å². The van der Waals surface area contributed by atoms with Gasteiger partial charge in [-0.2, -0.15) is 0 Å². The first-order chi connectivity index (χ1) is 10.5. The van der Waals surface area contributed by atoms with E-state index in [0.29, 0.717) is 16.5 Å². The number of nitrogens with one attached hydrogen (secondary N) is 1. The summed E-state index contributed by atoms with van der Waals surface area (Å²) in [6, 6.07) is 4.72. The lowest BCUT2D eigenvalue weighted by Crippen LogP contribution is -2.44. The molecule has 0 atom stereocenters. The Hall–Kier alpha value is -1.66. The number of piperidine rings is 1. The highest BCUT2D eigenvalue weighted by Gasteiger charge is 2.38. The Morgan fingerprint density at radius 3 is 2.57 bits per heavy atom. The van der Waals surface area contributed by atoms with E-state index in [9.17, 15) is 14.9 Å². The number of likely N-dealkylation sites (tertiary alicyclic amines) is 1. The SMILES string of the molecule is Cc1c(C(=O)N2CCC3(CCNC3)CC2)cccc1[N+](=O)[O-].Cl. The number of halogens is 1. The van der Waals surface area contributed by atoms with Crippen LogP contribution in [-0.2, 0) is 0 Å². The van der Waals surface area contributed by atoms with E-state index >= 15 is 0 Å². The van der Waals surface area contributed by atoms with Crippen LogP contribution in [0.3, 0.4) is 0 Å². The van der Waals surface area contributed by atoms with Crippen LogP contribution in [-0.4, -0.2) is 41.9 Å². The summed E-state index contributed by atoms with van der Waals surface area (Å²) < 4.78 is 0. The van der Waals surface area contributed by atoms with E-state index in [4.69, 9.17) is 0 Å². The third-order valence-corrected chi connectivity index (χ3v) is 5.18. The molecule has 1 aromatic carbocycles. The van der Waals surface area contributed by atoms with Crippen LogP contribution in [0.15, 0.2) is 18.2 Å². The summed E-state index contributed by atoms with van der Waals surface area (Å²) in [6.07, 6.45) is 3.21. The lowest BCUT2D eigenvalue weighted by Gasteiger charge is -2.39. The highest BCUT2D eigenvalue weighted by molar-refractivity contribution is 5.96. The van der Waals surface area contributed by atoms with E-state index < -0.39 is 4.92 Å². The van der Waals surface area contributed by atoms with Gasteiger partial charge in [0.15, 0.2) is 0 Å². The lowest BCUT2D eigenvalue weighted by molar-refractivity contribution is -0.385. The van der Waals surface area contributed by atoms with Gasteiger partial charge < -0.3 is 10.2 Å². The van der Waals surface area contributed by atoms with E-state index in [-0.39, 0.29) is 24.0 Å². The number of nitro benzene ring substituents is 1. The molecule has 0 radical (unpaired) electrons. The molecule has 0 aromatic heterocycles. The zero-order chi connectivity index (χ0) is 15.7. The van der Waals surface area contributed by atoms with Gasteiger partial charge >= 0.3 is 0 Å². The Kier molecular flexibility index (Phi) is 5.26. The number of hydrogen-bond acceptors (Lipinski definition) is 4. The van der Waals surface area contributed by atoms with Crippen LogP contribution in [0, 0.1) is 22.5 Å². The van der Waals surface area contributed by atoms with E-state index in [1.54, 1.807) is 19.1 Å². The van der Waals surface area contributed by atoms with Crippen LogP contribution in [0.25, 0.3) is 0 Å². The molecule has 2 saturated heterocycles. The fraction of sp³-hybridized carbons (Fsp3) is 0.562. The summed E-state index contributed by atoms with van der Waals surface area (Å²) >= 11 is 0. The fourth-order valence-corrected chi connectivity index (χ4v) is 3.63. The van der Waals surface area contributed by atoms with E-state index in [2.05, 4.69) is 5.32 Å². The summed E-state index contributed by atoms with van der Waals surface area (Å²) in [5, 5.41) is 14.4. The third kappa shape index (κ3) is 3.33. The van der Waals surface area contributed by atoms with Crippen molar-refractivity contribution in [2.24, 2.45) is 5.41 Å². The van der Waals surface area contributed by atoms with Gasteiger partial charge in [0, 0.05) is 36.8 Å². The number of carbonyl (C=O) groups excluding carboxylic acids is 1. The van der Waals surface area contributed by atoms with Crippen LogP contribution in [0.1, 0.15) is 35.2 Å². The van der Waals surface area contributed by atoms with Crippen molar-refractivity contribution in [3.63, 3.8) is 0 Å². The van der Waals surface area contributed by atoms with E-state index in [1.165, 1.54) is 12.5 Å². The Morgan fingerprint density at radius 1 is 1.30 bits per heavy atom. The summed E-state index contributed by atoms with van der Waals surface area (Å²) in [5.41, 5.74) is 1.28. The first-order valence-electron chi connectivity index (χ1n) is 7.76. The van der Waals surface area contributed by atoms with Crippen molar-refractivity contribution >= 4 is 24.0 Å². The maximum absolute atomic E-state index is 12.7. The first-order valence-corrected chi connectivity index (χ1v) is 7.76. The van der Waals surface area contributed by atoms with Gasteiger partial charge in [-0.1, -0.05) is 6.07 Å². The second-order valence-corrected chi connectivity index (χ2v) is 6.43. The molecular weight excluding hydrogens is 318 g/mol. The lowest BCUT2D eigenvalue weighted by atomic mass is 9.77. The average Bonchev–Trinajstić information content (AvgIpc) is 2.95. The Balaban J connectivity index is 0.00000192. The molecular formula is C16H22ClN3O3. The summed E-state index contributed by atoms with van der Waals surface area (Å²) in [5.74, 6) is -0.0815. The van der Waals surface area contributed by atoms with Gasteiger partial charge in [0.1, 0.15) is 0 Å². The number of benzene rings is 1. The maximum atomic E-state index is 12.7. The Labute approximate surface area is 141 Å². The van der Waals surface area contributed by atoms with E-state index in [1.807, 2.05) is 4.90 Å². The normalized spacial score (nSPS) is 19.4. The van der Waals surface area contributed by atoms with Crippen molar-refractivity contribution in [2.75, 3.05) is 26.2 Å². The number of nitro groups is 1. The van der Waals surface area contributed by atoms with Gasteiger partial charge in [0.25, 0.3) is 11.6 Å². The summed E-state index contributed by atoms with van der Waals surface area (Å²) in [7, 11) is 0. The summed E-state index contributed by atoms with van der Waals surface area (Å²) in [4.78, 5) is 25.1. The standard InChI is InChI=1S/C16H21N3O3.ClH/c1-12-13(3-2-4-14(12)19(21)22)15(20)18-9-6-16(7-10-18)5-8-17-11-16;/h2-4,17H,5-11H2,1H3;1H. The summed E-state index contributed by atoms with van der Waals surface area (Å²) in [6.45, 7) is 5.24. The molecule has 0 bridgehead atoms. The minimum atomic E-state index is -0.429. The minimum absolute atomic E-state index is 0. The van der Waals surface area contributed by atoms with Crippen LogP contribution in [0.2, 0.25) is 0 Å². The first kappa shape index (κ1) is 17.7. The van der Waals surface area contributed by atoms with Gasteiger partial charge in [0.2, 0.25) is 0 Å². The van der Waals surface area contributed by atoms with Crippen molar-refractivity contribution < 1.29 is 9.72 Å². The van der Waals surface area contributed by atoms with Gasteiger partial charge in [-0.15, -0.1) is 12.4 Å². The highest BCUT2D eigenvalue weighted by atomic mass is 35.5. The van der Waals surface area contributed by atoms with Crippen molar-refractivity contribution in [1.82, 2.24) is 10.2 Å². The topological polar surface area (TPSA) is 75.5 Å². The number of hydrogen-bond donors (Lipinski definition) is 1. The highest BCUT2D eigenvalue weighted by Crippen LogP contribution is 2.37. The van der Waals surface area contributed by atoms with Crippen LogP contribution >= 0.6 is 12.4 Å². The van der Waals surface area contributed by atoms with Crippen molar-refractivity contribution in [3.05, 3.63) is 39.4 Å². The number of rotatable bonds is 2. The molecule has 0 unspecified atom stereocenters. The predicted molar refractivity (Wildman–Crippen MR) is 90.1 cm³/mol. The fourth-order valence-electron chi connectivity index (χ4n) is 3.63. The number of amides is 1. The van der Waals surface area contributed by atoms with Crippen LogP contribution in [0.5, 0.6) is 0 Å².